The molecule has 0 saturated carbocycles. The minimum atomic E-state index is -0.448. The lowest BCUT2D eigenvalue weighted by molar-refractivity contribution is -0.146. The van der Waals surface area contributed by atoms with Crippen molar-refractivity contribution in [1.82, 2.24) is 4.90 Å². The highest BCUT2D eigenvalue weighted by molar-refractivity contribution is 8.26. The quantitative estimate of drug-likeness (QED) is 0.260. The molecule has 0 unspecified atom stereocenters. The van der Waals surface area contributed by atoms with Crippen molar-refractivity contribution in [3.8, 4) is 5.75 Å². The molecule has 0 radical (unpaired) electrons. The molecule has 0 N–H and O–H groups in total. The number of rotatable bonds is 8. The van der Waals surface area contributed by atoms with Crippen molar-refractivity contribution in [2.75, 3.05) is 19.8 Å². The molecule has 3 rings (SSSR count). The number of hydrogen-bond acceptors (Lipinski definition) is 6. The van der Waals surface area contributed by atoms with Crippen LogP contribution in [0.1, 0.15) is 32.3 Å². The lowest BCUT2D eigenvalue weighted by Gasteiger charge is -2.13. The molecule has 1 aliphatic heterocycles. The van der Waals surface area contributed by atoms with Crippen LogP contribution in [-0.4, -0.2) is 40.9 Å². The summed E-state index contributed by atoms with van der Waals surface area (Å²) in [4.78, 5) is 26.7. The van der Waals surface area contributed by atoms with Gasteiger partial charge >= 0.3 is 5.97 Å². The Balaban J connectivity index is 1.88. The Labute approximate surface area is 180 Å². The zero-order chi connectivity index (χ0) is 20.8. The van der Waals surface area contributed by atoms with E-state index in [-0.39, 0.29) is 12.5 Å². The summed E-state index contributed by atoms with van der Waals surface area (Å²) in [6, 6.07) is 11.8. The van der Waals surface area contributed by atoms with Gasteiger partial charge in [-0.3, -0.25) is 14.5 Å². The molecule has 0 atom stereocenters. The average Bonchev–Trinajstić information content (AvgIpc) is 2.97. The highest BCUT2D eigenvalue weighted by atomic mass is 32.2. The van der Waals surface area contributed by atoms with E-state index in [0.717, 1.165) is 29.2 Å². The van der Waals surface area contributed by atoms with Crippen LogP contribution in [0.2, 0.25) is 0 Å². The van der Waals surface area contributed by atoms with Crippen LogP contribution in [0.4, 0.5) is 0 Å². The molecule has 1 heterocycles. The molecule has 2 aromatic carbocycles. The van der Waals surface area contributed by atoms with E-state index in [4.69, 9.17) is 21.7 Å². The van der Waals surface area contributed by atoms with E-state index in [2.05, 4.69) is 0 Å². The first-order valence-corrected chi connectivity index (χ1v) is 10.8. The van der Waals surface area contributed by atoms with Crippen LogP contribution < -0.4 is 4.74 Å². The van der Waals surface area contributed by atoms with Gasteiger partial charge in [0.25, 0.3) is 5.91 Å². The van der Waals surface area contributed by atoms with E-state index < -0.39 is 5.97 Å². The molecule has 0 bridgehead atoms. The van der Waals surface area contributed by atoms with Crippen molar-refractivity contribution in [2.45, 2.75) is 26.7 Å². The van der Waals surface area contributed by atoms with Crippen LogP contribution in [0.15, 0.2) is 41.3 Å². The number of benzene rings is 2. The van der Waals surface area contributed by atoms with Gasteiger partial charge in [0.2, 0.25) is 0 Å². The van der Waals surface area contributed by atoms with Crippen LogP contribution in [0, 0.1) is 0 Å². The smallest absolute Gasteiger partial charge is 0.326 e. The van der Waals surface area contributed by atoms with Gasteiger partial charge in [0.05, 0.1) is 18.1 Å². The number of fused-ring (bicyclic) bond motifs is 1. The van der Waals surface area contributed by atoms with Crippen molar-refractivity contribution in [2.24, 2.45) is 0 Å². The highest BCUT2D eigenvalue weighted by Gasteiger charge is 2.34. The Morgan fingerprint density at radius 2 is 2.00 bits per heavy atom. The molecule has 1 aliphatic rings. The minimum absolute atomic E-state index is 0.167. The normalized spacial score (nSPS) is 15.4. The lowest BCUT2D eigenvalue weighted by Crippen LogP contribution is -2.34. The van der Waals surface area contributed by atoms with E-state index in [1.54, 1.807) is 6.08 Å². The number of nitrogens with zero attached hydrogens (tertiary/aromatic N) is 1. The number of esters is 1. The summed E-state index contributed by atoms with van der Waals surface area (Å²) < 4.78 is 11.3. The number of ether oxygens (including phenoxy) is 2. The molecule has 152 valence electrons. The van der Waals surface area contributed by atoms with E-state index in [9.17, 15) is 9.59 Å². The van der Waals surface area contributed by atoms with Gasteiger partial charge in [-0.25, -0.2) is 0 Å². The zero-order valence-corrected chi connectivity index (χ0v) is 18.1. The van der Waals surface area contributed by atoms with Gasteiger partial charge in [0.1, 0.15) is 16.6 Å². The molecule has 0 aliphatic carbocycles. The summed E-state index contributed by atoms with van der Waals surface area (Å²) in [6.45, 7) is 4.64. The number of thiocarbonyl (C=S) groups is 1. The SMILES string of the molecule is CCCCOC(=O)CN1C(=O)/C(=C/c2c(OCC)ccc3ccccc23)SC1=S. The second kappa shape index (κ2) is 9.89. The Morgan fingerprint density at radius 1 is 1.21 bits per heavy atom. The molecule has 1 amide bonds. The topological polar surface area (TPSA) is 55.8 Å². The molecule has 1 fully saturated rings. The van der Waals surface area contributed by atoms with Gasteiger partial charge in [0.15, 0.2) is 0 Å². The Bertz CT molecular complexity index is 970. The second-order valence-corrected chi connectivity index (χ2v) is 8.15. The van der Waals surface area contributed by atoms with Crippen LogP contribution >= 0.6 is 24.0 Å². The van der Waals surface area contributed by atoms with Gasteiger partial charge < -0.3 is 9.47 Å². The van der Waals surface area contributed by atoms with Crippen LogP contribution in [0.5, 0.6) is 5.75 Å². The predicted octanol–water partition coefficient (Wildman–Crippen LogP) is 4.78. The van der Waals surface area contributed by atoms with Crippen LogP contribution in [0.3, 0.4) is 0 Å². The monoisotopic (exact) mass is 429 g/mol. The maximum atomic E-state index is 12.9. The van der Waals surface area contributed by atoms with Gasteiger partial charge in [-0.05, 0) is 36.3 Å². The van der Waals surface area contributed by atoms with Gasteiger partial charge in [0, 0.05) is 5.56 Å². The van der Waals surface area contributed by atoms with E-state index in [0.29, 0.717) is 28.2 Å². The summed E-state index contributed by atoms with van der Waals surface area (Å²) in [7, 11) is 0. The summed E-state index contributed by atoms with van der Waals surface area (Å²) >= 11 is 6.52. The molecular formula is C22H23NO4S2. The van der Waals surface area contributed by atoms with Crippen molar-refractivity contribution < 1.29 is 19.1 Å². The molecular weight excluding hydrogens is 406 g/mol. The van der Waals surface area contributed by atoms with E-state index in [1.807, 2.05) is 50.2 Å². The molecule has 1 saturated heterocycles. The Hall–Kier alpha value is -2.38. The van der Waals surface area contributed by atoms with Crippen molar-refractivity contribution in [1.29, 1.82) is 0 Å². The molecule has 29 heavy (non-hydrogen) atoms. The number of amides is 1. The maximum absolute atomic E-state index is 12.9. The molecule has 0 spiro atoms. The molecule has 5 nitrogen and oxygen atoms in total. The first-order chi connectivity index (χ1) is 14.0. The fourth-order valence-corrected chi connectivity index (χ4v) is 4.22. The van der Waals surface area contributed by atoms with Crippen LogP contribution in [0.25, 0.3) is 16.8 Å². The van der Waals surface area contributed by atoms with Gasteiger partial charge in [-0.2, -0.15) is 0 Å². The number of carbonyl (C=O) groups is 2. The summed E-state index contributed by atoms with van der Waals surface area (Å²) in [6.07, 6.45) is 3.53. The second-order valence-electron chi connectivity index (χ2n) is 6.47. The summed E-state index contributed by atoms with van der Waals surface area (Å²) in [5, 5.41) is 2.04. The zero-order valence-electron chi connectivity index (χ0n) is 16.5. The standard InChI is InChI=1S/C22H23NO4S2/c1-3-5-12-27-20(24)14-23-21(25)19(29-22(23)28)13-17-16-9-7-6-8-15(16)10-11-18(17)26-4-2/h6-11,13H,3-5,12,14H2,1-2H3/b19-13-. The predicted molar refractivity (Wildman–Crippen MR) is 121 cm³/mol. The van der Waals surface area contributed by atoms with E-state index >= 15 is 0 Å². The third-order valence-electron chi connectivity index (χ3n) is 4.43. The number of carbonyl (C=O) groups excluding carboxylic acids is 2. The first kappa shape index (κ1) is 21.3. The fourth-order valence-electron chi connectivity index (χ4n) is 2.98. The third-order valence-corrected chi connectivity index (χ3v) is 5.81. The Morgan fingerprint density at radius 3 is 2.76 bits per heavy atom. The number of unbranched alkanes of at least 4 members (excludes halogenated alkanes) is 1. The molecule has 7 heteroatoms. The van der Waals surface area contributed by atoms with Crippen molar-refractivity contribution in [3.63, 3.8) is 0 Å². The highest BCUT2D eigenvalue weighted by Crippen LogP contribution is 2.37. The average molecular weight is 430 g/mol. The van der Waals surface area contributed by atoms with Crippen molar-refractivity contribution >= 4 is 57.0 Å². The summed E-state index contributed by atoms with van der Waals surface area (Å²) in [5.41, 5.74) is 0.830. The third kappa shape index (κ3) is 4.97. The number of thioether (sulfide) groups is 1. The first-order valence-electron chi connectivity index (χ1n) is 9.60. The minimum Gasteiger partial charge on any atom is -0.493 e. The Kier molecular flexibility index (Phi) is 7.28. The van der Waals surface area contributed by atoms with Gasteiger partial charge in [-0.15, -0.1) is 0 Å². The number of hydrogen-bond donors (Lipinski definition) is 0. The summed E-state index contributed by atoms with van der Waals surface area (Å²) in [5.74, 6) is -0.0329. The fraction of sp³-hybridized carbons (Fsp3) is 0.318. The van der Waals surface area contributed by atoms with Crippen LogP contribution in [-0.2, 0) is 14.3 Å². The molecule has 2 aromatic rings. The largest absolute Gasteiger partial charge is 0.493 e. The van der Waals surface area contributed by atoms with E-state index in [1.165, 1.54) is 16.7 Å². The lowest BCUT2D eigenvalue weighted by atomic mass is 10.0. The van der Waals surface area contributed by atoms with Gasteiger partial charge in [-0.1, -0.05) is 67.7 Å². The molecule has 0 aromatic heterocycles. The van der Waals surface area contributed by atoms with Crippen molar-refractivity contribution in [3.05, 3.63) is 46.9 Å². The maximum Gasteiger partial charge on any atom is 0.326 e.